The number of benzene rings is 1. The van der Waals surface area contributed by atoms with Gasteiger partial charge in [0.2, 0.25) is 5.91 Å². The second-order valence-corrected chi connectivity index (χ2v) is 5.22. The van der Waals surface area contributed by atoms with Crippen LogP contribution in [-0.4, -0.2) is 50.4 Å². The van der Waals surface area contributed by atoms with Gasteiger partial charge < -0.3 is 20.7 Å². The Kier molecular flexibility index (Phi) is 7.75. The summed E-state index contributed by atoms with van der Waals surface area (Å²) in [6.45, 7) is -1.09. The Bertz CT molecular complexity index is 589. The van der Waals surface area contributed by atoms with Crippen LogP contribution in [0, 0.1) is 0 Å². The lowest BCUT2D eigenvalue weighted by atomic mass is 10.2. The van der Waals surface area contributed by atoms with Crippen molar-refractivity contribution in [2.24, 2.45) is 0 Å². The number of amides is 3. The van der Waals surface area contributed by atoms with Crippen molar-refractivity contribution in [3.05, 3.63) is 34.3 Å². The van der Waals surface area contributed by atoms with Crippen molar-refractivity contribution in [1.29, 1.82) is 0 Å². The lowest BCUT2D eigenvalue weighted by Gasteiger charge is -2.07. The molecule has 0 aliphatic carbocycles. The van der Waals surface area contributed by atoms with Crippen LogP contribution in [0.15, 0.2) is 28.7 Å². The molecule has 0 aliphatic heterocycles. The number of carbonyl (C=O) groups is 4. The Morgan fingerprint density at radius 3 is 2.26 bits per heavy atom. The number of nitrogens with one attached hydrogen (secondary N) is 3. The van der Waals surface area contributed by atoms with Crippen LogP contribution in [0.25, 0.3) is 0 Å². The second-order valence-electron chi connectivity index (χ2n) is 4.30. The largest absolute Gasteiger partial charge is 0.454 e. The fraction of sp³-hybridized carbons (Fsp3) is 0.286. The molecule has 0 spiro atoms. The molecule has 0 radical (unpaired) electrons. The third kappa shape index (κ3) is 7.41. The van der Waals surface area contributed by atoms with Gasteiger partial charge in [0, 0.05) is 17.1 Å². The van der Waals surface area contributed by atoms with Gasteiger partial charge in [0.25, 0.3) is 11.8 Å². The molecular formula is C14H16BrN3O5. The Labute approximate surface area is 141 Å². The van der Waals surface area contributed by atoms with E-state index >= 15 is 0 Å². The van der Waals surface area contributed by atoms with Crippen LogP contribution in [-0.2, 0) is 19.1 Å². The topological polar surface area (TPSA) is 114 Å². The average Bonchev–Trinajstić information content (AvgIpc) is 2.56. The maximum absolute atomic E-state index is 11.8. The van der Waals surface area contributed by atoms with E-state index < -0.39 is 24.4 Å². The molecule has 0 unspecified atom stereocenters. The van der Waals surface area contributed by atoms with Crippen molar-refractivity contribution in [3.8, 4) is 0 Å². The van der Waals surface area contributed by atoms with E-state index in [2.05, 4.69) is 36.6 Å². The molecule has 0 saturated carbocycles. The number of ether oxygens (including phenoxy) is 1. The first kappa shape index (κ1) is 18.6. The maximum Gasteiger partial charge on any atom is 0.325 e. The molecular weight excluding hydrogens is 370 g/mol. The van der Waals surface area contributed by atoms with Gasteiger partial charge in [-0.2, -0.15) is 0 Å². The predicted molar refractivity (Wildman–Crippen MR) is 84.5 cm³/mol. The molecule has 0 bridgehead atoms. The van der Waals surface area contributed by atoms with E-state index in [1.54, 1.807) is 24.3 Å². The van der Waals surface area contributed by atoms with Crippen molar-refractivity contribution >= 4 is 39.6 Å². The summed E-state index contributed by atoms with van der Waals surface area (Å²) in [7, 11) is 1.43. The molecule has 0 aliphatic rings. The molecule has 124 valence electrons. The van der Waals surface area contributed by atoms with Gasteiger partial charge in [-0.15, -0.1) is 0 Å². The van der Waals surface area contributed by atoms with Gasteiger partial charge in [-0.05, 0) is 24.3 Å². The van der Waals surface area contributed by atoms with E-state index in [1.807, 2.05) is 0 Å². The van der Waals surface area contributed by atoms with Crippen molar-refractivity contribution in [2.75, 3.05) is 26.7 Å². The minimum Gasteiger partial charge on any atom is -0.454 e. The highest BCUT2D eigenvalue weighted by molar-refractivity contribution is 9.10. The highest BCUT2D eigenvalue weighted by Crippen LogP contribution is 2.10. The molecule has 0 heterocycles. The zero-order chi connectivity index (χ0) is 17.2. The van der Waals surface area contributed by atoms with Crippen LogP contribution < -0.4 is 16.0 Å². The summed E-state index contributed by atoms with van der Waals surface area (Å²) >= 11 is 3.25. The van der Waals surface area contributed by atoms with E-state index in [-0.39, 0.29) is 19.0 Å². The first-order valence-electron chi connectivity index (χ1n) is 6.59. The van der Waals surface area contributed by atoms with Gasteiger partial charge in [-0.3, -0.25) is 19.2 Å². The van der Waals surface area contributed by atoms with Crippen molar-refractivity contribution < 1.29 is 23.9 Å². The minimum atomic E-state index is -0.759. The molecule has 0 aromatic heterocycles. The highest BCUT2D eigenvalue weighted by Gasteiger charge is 2.11. The second kappa shape index (κ2) is 9.57. The third-order valence-electron chi connectivity index (χ3n) is 2.59. The summed E-state index contributed by atoms with van der Waals surface area (Å²) in [5.74, 6) is -2.17. The van der Waals surface area contributed by atoms with E-state index in [1.165, 1.54) is 7.05 Å². The molecule has 3 N–H and O–H groups in total. The molecule has 9 heteroatoms. The van der Waals surface area contributed by atoms with Crippen LogP contribution in [0.2, 0.25) is 0 Å². The Morgan fingerprint density at radius 2 is 1.65 bits per heavy atom. The Hall–Kier alpha value is -2.42. The lowest BCUT2D eigenvalue weighted by Crippen LogP contribution is -2.38. The molecule has 3 amide bonds. The monoisotopic (exact) mass is 385 g/mol. The number of carbonyl (C=O) groups excluding carboxylic acids is 4. The summed E-state index contributed by atoms with van der Waals surface area (Å²) in [6.07, 6.45) is 0. The number of esters is 1. The number of halogens is 1. The van der Waals surface area contributed by atoms with Crippen LogP contribution in [0.5, 0.6) is 0 Å². The number of likely N-dealkylation sites (N-methyl/N-ethyl adjacent to an activating group) is 1. The van der Waals surface area contributed by atoms with E-state index in [0.717, 1.165) is 4.47 Å². The van der Waals surface area contributed by atoms with Gasteiger partial charge in [-0.25, -0.2) is 0 Å². The maximum atomic E-state index is 11.8. The Balaban J connectivity index is 2.26. The van der Waals surface area contributed by atoms with Gasteiger partial charge >= 0.3 is 5.97 Å². The molecule has 1 rings (SSSR count). The van der Waals surface area contributed by atoms with E-state index in [0.29, 0.717) is 5.56 Å². The van der Waals surface area contributed by atoms with Crippen LogP contribution in [0.4, 0.5) is 0 Å². The summed E-state index contributed by atoms with van der Waals surface area (Å²) < 4.78 is 5.50. The molecule has 23 heavy (non-hydrogen) atoms. The van der Waals surface area contributed by atoms with Crippen LogP contribution >= 0.6 is 15.9 Å². The van der Waals surface area contributed by atoms with E-state index in [4.69, 9.17) is 0 Å². The predicted octanol–water partition coefficient (Wildman–Crippen LogP) is -0.416. The summed E-state index contributed by atoms with van der Waals surface area (Å²) in [6, 6.07) is 6.59. The van der Waals surface area contributed by atoms with Crippen molar-refractivity contribution in [1.82, 2.24) is 16.0 Å². The SMILES string of the molecule is CNC(=O)CNC(=O)COC(=O)CNC(=O)c1ccc(Br)cc1. The quantitative estimate of drug-likeness (QED) is 0.551. The average molecular weight is 386 g/mol. The molecule has 8 nitrogen and oxygen atoms in total. The van der Waals surface area contributed by atoms with Gasteiger partial charge in [0.05, 0.1) is 6.54 Å². The van der Waals surface area contributed by atoms with Crippen LogP contribution in [0.1, 0.15) is 10.4 Å². The van der Waals surface area contributed by atoms with Crippen molar-refractivity contribution in [2.45, 2.75) is 0 Å². The zero-order valence-corrected chi connectivity index (χ0v) is 13.9. The number of rotatable bonds is 7. The lowest BCUT2D eigenvalue weighted by molar-refractivity contribution is -0.147. The third-order valence-corrected chi connectivity index (χ3v) is 3.12. The zero-order valence-electron chi connectivity index (χ0n) is 12.3. The number of hydrogen-bond acceptors (Lipinski definition) is 5. The summed E-state index contributed by atoms with van der Waals surface area (Å²) in [5.41, 5.74) is 0.393. The van der Waals surface area contributed by atoms with Crippen LogP contribution in [0.3, 0.4) is 0 Å². The Morgan fingerprint density at radius 1 is 1.00 bits per heavy atom. The fourth-order valence-electron chi connectivity index (χ4n) is 1.37. The molecule has 0 saturated heterocycles. The summed E-state index contributed by atoms with van der Waals surface area (Å²) in [4.78, 5) is 45.4. The van der Waals surface area contributed by atoms with E-state index in [9.17, 15) is 19.2 Å². The number of hydrogen-bond donors (Lipinski definition) is 3. The van der Waals surface area contributed by atoms with Gasteiger partial charge in [-0.1, -0.05) is 15.9 Å². The molecule has 1 aromatic carbocycles. The van der Waals surface area contributed by atoms with Crippen molar-refractivity contribution in [3.63, 3.8) is 0 Å². The highest BCUT2D eigenvalue weighted by atomic mass is 79.9. The smallest absolute Gasteiger partial charge is 0.325 e. The standard InChI is InChI=1S/C14H16BrN3O5/c1-16-11(19)6-17-12(20)8-23-13(21)7-18-14(22)9-2-4-10(15)5-3-9/h2-5H,6-8H2,1H3,(H,16,19)(H,17,20)(H,18,22). The first-order chi connectivity index (χ1) is 10.9. The molecule has 1 aromatic rings. The van der Waals surface area contributed by atoms with Gasteiger partial charge in [0.15, 0.2) is 6.61 Å². The fourth-order valence-corrected chi connectivity index (χ4v) is 1.64. The minimum absolute atomic E-state index is 0.201. The van der Waals surface area contributed by atoms with Gasteiger partial charge in [0.1, 0.15) is 6.54 Å². The first-order valence-corrected chi connectivity index (χ1v) is 7.38. The summed E-state index contributed by atoms with van der Waals surface area (Å²) in [5, 5.41) is 6.97. The normalized spacial score (nSPS) is 9.65. The molecule has 0 fully saturated rings. The molecule has 0 atom stereocenters.